The van der Waals surface area contributed by atoms with E-state index in [-0.39, 0.29) is 5.91 Å². The van der Waals surface area contributed by atoms with Crippen LogP contribution in [0.1, 0.15) is 51.0 Å². The molecule has 0 aliphatic carbocycles. The molecule has 1 aromatic carbocycles. The third-order valence-electron chi connectivity index (χ3n) is 3.84. The number of H-pyrrole nitrogens is 1. The van der Waals surface area contributed by atoms with E-state index in [9.17, 15) is 4.79 Å². The summed E-state index contributed by atoms with van der Waals surface area (Å²) in [5, 5.41) is 6.31. The molecule has 0 atom stereocenters. The Bertz CT molecular complexity index is 561. The maximum atomic E-state index is 11.9. The molecule has 0 bridgehead atoms. The van der Waals surface area contributed by atoms with Crippen LogP contribution in [-0.4, -0.2) is 10.9 Å². The highest BCUT2D eigenvalue weighted by molar-refractivity contribution is 5.90. The van der Waals surface area contributed by atoms with Crippen LogP contribution in [-0.2, 0) is 11.3 Å². The lowest BCUT2D eigenvalue weighted by atomic mass is 10.1. The van der Waals surface area contributed by atoms with Crippen LogP contribution in [0.2, 0.25) is 0 Å². The average molecular weight is 313 g/mol. The van der Waals surface area contributed by atoms with E-state index < -0.39 is 0 Å². The number of benzene rings is 1. The van der Waals surface area contributed by atoms with Gasteiger partial charge in [0, 0.05) is 36.7 Å². The zero-order chi connectivity index (χ0) is 16.3. The van der Waals surface area contributed by atoms with Crippen molar-refractivity contribution in [3.05, 3.63) is 48.3 Å². The van der Waals surface area contributed by atoms with E-state index in [1.54, 1.807) is 0 Å². The van der Waals surface area contributed by atoms with Crippen molar-refractivity contribution in [1.29, 1.82) is 0 Å². The van der Waals surface area contributed by atoms with Gasteiger partial charge in [0.05, 0.1) is 0 Å². The van der Waals surface area contributed by atoms with Gasteiger partial charge in [-0.05, 0) is 42.3 Å². The van der Waals surface area contributed by atoms with Gasteiger partial charge in [-0.25, -0.2) is 0 Å². The van der Waals surface area contributed by atoms with Gasteiger partial charge in [0.1, 0.15) is 0 Å². The molecule has 0 spiro atoms. The quantitative estimate of drug-likeness (QED) is 0.545. The molecule has 124 valence electrons. The van der Waals surface area contributed by atoms with E-state index in [4.69, 9.17) is 0 Å². The smallest absolute Gasteiger partial charge is 0.224 e. The number of aromatic nitrogens is 1. The van der Waals surface area contributed by atoms with Crippen molar-refractivity contribution in [3.8, 4) is 0 Å². The first-order valence-corrected chi connectivity index (χ1v) is 8.53. The Hall–Kier alpha value is -2.23. The molecule has 0 saturated carbocycles. The molecule has 0 aliphatic rings. The van der Waals surface area contributed by atoms with E-state index in [2.05, 4.69) is 22.5 Å². The molecule has 1 heterocycles. The molecule has 2 aromatic rings. The van der Waals surface area contributed by atoms with Gasteiger partial charge in [0.2, 0.25) is 5.91 Å². The van der Waals surface area contributed by atoms with Crippen LogP contribution in [0.25, 0.3) is 0 Å². The number of hydrogen-bond acceptors (Lipinski definition) is 2. The van der Waals surface area contributed by atoms with Crippen LogP contribution in [0.5, 0.6) is 0 Å². The first kappa shape index (κ1) is 17.1. The highest BCUT2D eigenvalue weighted by Crippen LogP contribution is 2.15. The van der Waals surface area contributed by atoms with Crippen molar-refractivity contribution in [2.75, 3.05) is 10.6 Å². The zero-order valence-electron chi connectivity index (χ0n) is 13.9. The number of nitrogens with one attached hydrogen (secondary N) is 3. The van der Waals surface area contributed by atoms with Gasteiger partial charge in [0.25, 0.3) is 0 Å². The largest absolute Gasteiger partial charge is 0.381 e. The summed E-state index contributed by atoms with van der Waals surface area (Å²) < 4.78 is 0. The number of aromatic amines is 1. The van der Waals surface area contributed by atoms with Gasteiger partial charge in [-0.1, -0.05) is 32.6 Å². The number of anilines is 2. The molecule has 3 N–H and O–H groups in total. The Morgan fingerprint density at radius 1 is 1.00 bits per heavy atom. The second kappa shape index (κ2) is 9.72. The Labute approximate surface area is 138 Å². The minimum Gasteiger partial charge on any atom is -0.381 e. The molecule has 0 radical (unpaired) electrons. The second-order valence-electron chi connectivity index (χ2n) is 5.86. The molecular formula is C19H27N3O. The molecule has 4 nitrogen and oxygen atoms in total. The monoisotopic (exact) mass is 313 g/mol. The van der Waals surface area contributed by atoms with E-state index in [1.807, 2.05) is 42.7 Å². The van der Waals surface area contributed by atoms with Crippen molar-refractivity contribution in [1.82, 2.24) is 4.98 Å². The lowest BCUT2D eigenvalue weighted by molar-refractivity contribution is -0.116. The van der Waals surface area contributed by atoms with Gasteiger partial charge < -0.3 is 15.6 Å². The third-order valence-corrected chi connectivity index (χ3v) is 3.84. The third kappa shape index (κ3) is 6.59. The number of hydrogen-bond donors (Lipinski definition) is 3. The van der Waals surface area contributed by atoms with Crippen LogP contribution >= 0.6 is 0 Å². The molecule has 23 heavy (non-hydrogen) atoms. The number of rotatable bonds is 10. The number of unbranched alkanes of at least 4 members (excludes halogenated alkanes) is 4. The maximum absolute atomic E-state index is 11.9. The van der Waals surface area contributed by atoms with E-state index in [1.165, 1.54) is 24.8 Å². The van der Waals surface area contributed by atoms with Crippen molar-refractivity contribution < 1.29 is 4.79 Å². The number of carbonyl (C=O) groups is 1. The molecule has 0 fully saturated rings. The van der Waals surface area contributed by atoms with Gasteiger partial charge in [0.15, 0.2) is 0 Å². The molecular weight excluding hydrogens is 286 g/mol. The Morgan fingerprint density at radius 3 is 2.43 bits per heavy atom. The van der Waals surface area contributed by atoms with E-state index in [0.29, 0.717) is 6.42 Å². The van der Waals surface area contributed by atoms with E-state index >= 15 is 0 Å². The minimum absolute atomic E-state index is 0.106. The molecule has 2 rings (SSSR count). The summed E-state index contributed by atoms with van der Waals surface area (Å²) >= 11 is 0. The lowest BCUT2D eigenvalue weighted by Gasteiger charge is -2.08. The van der Waals surface area contributed by atoms with Gasteiger partial charge in [-0.3, -0.25) is 4.79 Å². The maximum Gasteiger partial charge on any atom is 0.224 e. The lowest BCUT2D eigenvalue weighted by Crippen LogP contribution is -2.11. The Morgan fingerprint density at radius 2 is 1.74 bits per heavy atom. The minimum atomic E-state index is 0.106. The molecule has 0 aliphatic heterocycles. The summed E-state index contributed by atoms with van der Waals surface area (Å²) in [5.41, 5.74) is 3.12. The summed E-state index contributed by atoms with van der Waals surface area (Å²) in [6.07, 6.45) is 10.3. The molecule has 4 heteroatoms. The van der Waals surface area contributed by atoms with E-state index in [0.717, 1.165) is 30.8 Å². The normalized spacial score (nSPS) is 10.5. The predicted molar refractivity (Wildman–Crippen MR) is 96.6 cm³/mol. The summed E-state index contributed by atoms with van der Waals surface area (Å²) in [6.45, 7) is 2.98. The van der Waals surface area contributed by atoms with Crippen molar-refractivity contribution in [3.63, 3.8) is 0 Å². The Balaban J connectivity index is 1.68. The van der Waals surface area contributed by atoms with Crippen LogP contribution in [0.3, 0.4) is 0 Å². The fourth-order valence-corrected chi connectivity index (χ4v) is 2.46. The average Bonchev–Trinajstić information content (AvgIpc) is 3.07. The first-order valence-electron chi connectivity index (χ1n) is 8.53. The van der Waals surface area contributed by atoms with Gasteiger partial charge in [-0.15, -0.1) is 0 Å². The molecule has 0 saturated heterocycles. The number of carbonyl (C=O) groups excluding carboxylic acids is 1. The SMILES string of the molecule is CCCCCCCC(=O)Nc1ccc(NCc2cc[nH]c2)cc1. The fourth-order valence-electron chi connectivity index (χ4n) is 2.46. The van der Waals surface area contributed by atoms with Crippen molar-refractivity contribution in [2.24, 2.45) is 0 Å². The Kier molecular flexibility index (Phi) is 7.24. The zero-order valence-corrected chi connectivity index (χ0v) is 13.9. The van der Waals surface area contributed by atoms with Crippen LogP contribution in [0.4, 0.5) is 11.4 Å². The number of amides is 1. The van der Waals surface area contributed by atoms with Crippen LogP contribution in [0, 0.1) is 0 Å². The van der Waals surface area contributed by atoms with Crippen LogP contribution < -0.4 is 10.6 Å². The predicted octanol–water partition coefficient (Wildman–Crippen LogP) is 4.93. The first-order chi connectivity index (χ1) is 11.3. The summed E-state index contributed by atoms with van der Waals surface area (Å²) in [6, 6.07) is 9.90. The van der Waals surface area contributed by atoms with Crippen molar-refractivity contribution in [2.45, 2.75) is 52.0 Å². The van der Waals surface area contributed by atoms with Gasteiger partial charge in [-0.2, -0.15) is 0 Å². The highest BCUT2D eigenvalue weighted by Gasteiger charge is 2.02. The standard InChI is InChI=1S/C19H27N3O/c1-2-3-4-5-6-7-19(23)22-18-10-8-17(9-11-18)21-15-16-12-13-20-14-16/h8-14,20-21H,2-7,15H2,1H3,(H,22,23). The summed E-state index contributed by atoms with van der Waals surface area (Å²) in [4.78, 5) is 14.9. The highest BCUT2D eigenvalue weighted by atomic mass is 16.1. The van der Waals surface area contributed by atoms with Gasteiger partial charge >= 0.3 is 0 Å². The molecule has 1 amide bonds. The molecule has 1 aromatic heterocycles. The van der Waals surface area contributed by atoms with Crippen molar-refractivity contribution >= 4 is 17.3 Å². The summed E-state index contributed by atoms with van der Waals surface area (Å²) in [5.74, 6) is 0.106. The van der Waals surface area contributed by atoms with Crippen LogP contribution in [0.15, 0.2) is 42.7 Å². The fraction of sp³-hybridized carbons (Fsp3) is 0.421. The topological polar surface area (TPSA) is 56.9 Å². The summed E-state index contributed by atoms with van der Waals surface area (Å²) in [7, 11) is 0. The molecule has 0 unspecified atom stereocenters. The second-order valence-corrected chi connectivity index (χ2v) is 5.86.